The number of halogens is 3. The molecule has 6 heteroatoms. The van der Waals surface area contributed by atoms with Crippen molar-refractivity contribution in [3.63, 3.8) is 0 Å². The van der Waals surface area contributed by atoms with Crippen LogP contribution >= 0.6 is 0 Å². The van der Waals surface area contributed by atoms with Gasteiger partial charge in [0.05, 0.1) is 18.4 Å². The Hall–Kier alpha value is -2.34. The van der Waals surface area contributed by atoms with E-state index < -0.39 is 17.6 Å². The highest BCUT2D eigenvalue weighted by molar-refractivity contribution is 6.05. The van der Waals surface area contributed by atoms with Crippen LogP contribution in [0.2, 0.25) is 0 Å². The van der Waals surface area contributed by atoms with Gasteiger partial charge in [-0.25, -0.2) is 0 Å². The molecule has 1 amide bonds. The quantitative estimate of drug-likeness (QED) is 0.794. The fourth-order valence-corrected chi connectivity index (χ4v) is 2.00. The number of anilines is 1. The van der Waals surface area contributed by atoms with Gasteiger partial charge in [0.1, 0.15) is 0 Å². The Morgan fingerprint density at radius 2 is 1.64 bits per heavy atom. The topological polar surface area (TPSA) is 29.5 Å². The summed E-state index contributed by atoms with van der Waals surface area (Å²) in [7, 11) is 1.33. The summed E-state index contributed by atoms with van der Waals surface area (Å²) < 4.78 is 37.6. The Bertz CT molecular complexity index is 666. The number of nitrogens with zero attached hydrogens (tertiary/aromatic N) is 1. The highest BCUT2D eigenvalue weighted by Gasteiger charge is 2.30. The van der Waals surface area contributed by atoms with Crippen LogP contribution in [0.25, 0.3) is 0 Å². The molecule has 22 heavy (non-hydrogen) atoms. The van der Waals surface area contributed by atoms with Gasteiger partial charge in [-0.05, 0) is 42.8 Å². The van der Waals surface area contributed by atoms with Crippen molar-refractivity contribution in [3.8, 4) is 0 Å². The largest absolute Gasteiger partial charge is 0.416 e. The first kappa shape index (κ1) is 16.0. The molecule has 0 radical (unpaired) electrons. The van der Waals surface area contributed by atoms with E-state index in [1.165, 1.54) is 7.11 Å². The van der Waals surface area contributed by atoms with E-state index in [0.29, 0.717) is 5.69 Å². The van der Waals surface area contributed by atoms with E-state index in [1.54, 1.807) is 25.1 Å². The molecule has 0 unspecified atom stereocenters. The van der Waals surface area contributed by atoms with Crippen molar-refractivity contribution < 1.29 is 22.8 Å². The maximum atomic E-state index is 12.5. The molecule has 0 bridgehead atoms. The molecule has 0 saturated carbocycles. The first-order valence-corrected chi connectivity index (χ1v) is 6.46. The molecule has 2 rings (SSSR count). The van der Waals surface area contributed by atoms with Crippen molar-refractivity contribution in [2.24, 2.45) is 0 Å². The number of alkyl halides is 3. The van der Waals surface area contributed by atoms with Crippen LogP contribution in [0.1, 0.15) is 21.5 Å². The van der Waals surface area contributed by atoms with E-state index >= 15 is 0 Å². The van der Waals surface area contributed by atoms with Crippen LogP contribution in [0, 0.1) is 6.92 Å². The van der Waals surface area contributed by atoms with Crippen LogP contribution in [0.3, 0.4) is 0 Å². The molecule has 0 aliphatic heterocycles. The Morgan fingerprint density at radius 1 is 1.05 bits per heavy atom. The SMILES string of the molecule is CON(C(=O)c1ccc(C(F)(F)F)cc1)c1ccccc1C. The van der Waals surface area contributed by atoms with E-state index in [4.69, 9.17) is 4.84 Å². The molecule has 2 aromatic carbocycles. The zero-order valence-corrected chi connectivity index (χ0v) is 12.0. The second kappa shape index (κ2) is 6.19. The summed E-state index contributed by atoms with van der Waals surface area (Å²) in [6, 6.07) is 11.1. The van der Waals surface area contributed by atoms with Gasteiger partial charge in [-0.15, -0.1) is 0 Å². The van der Waals surface area contributed by atoms with Crippen LogP contribution in [0.15, 0.2) is 48.5 Å². The Kier molecular flexibility index (Phi) is 4.51. The summed E-state index contributed by atoms with van der Waals surface area (Å²) in [5.74, 6) is -0.537. The lowest BCUT2D eigenvalue weighted by Crippen LogP contribution is -2.30. The van der Waals surface area contributed by atoms with Gasteiger partial charge in [-0.2, -0.15) is 18.2 Å². The van der Waals surface area contributed by atoms with Crippen LogP contribution in [-0.4, -0.2) is 13.0 Å². The molecule has 0 aliphatic carbocycles. The van der Waals surface area contributed by atoms with Crippen molar-refractivity contribution in [1.29, 1.82) is 0 Å². The third kappa shape index (κ3) is 3.28. The Labute approximate surface area is 125 Å². The standard InChI is InChI=1S/C16H14F3NO2/c1-11-5-3-4-6-14(11)20(22-2)15(21)12-7-9-13(10-8-12)16(17,18)19/h3-10H,1-2H3. The average molecular weight is 309 g/mol. The first-order valence-electron chi connectivity index (χ1n) is 6.46. The van der Waals surface area contributed by atoms with Gasteiger partial charge in [0, 0.05) is 5.56 Å². The molecule has 2 aromatic rings. The lowest BCUT2D eigenvalue weighted by Gasteiger charge is -2.21. The van der Waals surface area contributed by atoms with Gasteiger partial charge in [-0.3, -0.25) is 9.63 Å². The summed E-state index contributed by atoms with van der Waals surface area (Å²) in [6.45, 7) is 1.81. The van der Waals surface area contributed by atoms with Crippen molar-refractivity contribution in [2.45, 2.75) is 13.1 Å². The fraction of sp³-hybridized carbons (Fsp3) is 0.188. The number of amides is 1. The number of para-hydroxylation sites is 1. The normalized spacial score (nSPS) is 11.3. The van der Waals surface area contributed by atoms with E-state index in [9.17, 15) is 18.0 Å². The number of rotatable bonds is 3. The number of hydroxylamine groups is 1. The summed E-state index contributed by atoms with van der Waals surface area (Å²) in [5, 5.41) is 1.05. The lowest BCUT2D eigenvalue weighted by molar-refractivity contribution is -0.137. The van der Waals surface area contributed by atoms with Crippen molar-refractivity contribution in [3.05, 3.63) is 65.2 Å². The smallest absolute Gasteiger partial charge is 0.269 e. The predicted molar refractivity (Wildman–Crippen MR) is 76.4 cm³/mol. The molecule has 0 atom stereocenters. The molecule has 0 aliphatic rings. The van der Waals surface area contributed by atoms with Gasteiger partial charge in [-0.1, -0.05) is 18.2 Å². The van der Waals surface area contributed by atoms with E-state index in [0.717, 1.165) is 34.9 Å². The molecule has 0 heterocycles. The van der Waals surface area contributed by atoms with Crippen LogP contribution in [0.5, 0.6) is 0 Å². The molecule has 0 spiro atoms. The van der Waals surface area contributed by atoms with Crippen molar-refractivity contribution in [2.75, 3.05) is 12.2 Å². The molecule has 116 valence electrons. The Morgan fingerprint density at radius 3 is 2.14 bits per heavy atom. The number of hydrogen-bond donors (Lipinski definition) is 0. The first-order chi connectivity index (χ1) is 10.3. The zero-order chi connectivity index (χ0) is 16.3. The molecule has 0 aromatic heterocycles. The highest BCUT2D eigenvalue weighted by atomic mass is 19.4. The highest BCUT2D eigenvalue weighted by Crippen LogP contribution is 2.29. The van der Waals surface area contributed by atoms with Crippen LogP contribution in [-0.2, 0) is 11.0 Å². The number of aryl methyl sites for hydroxylation is 1. The van der Waals surface area contributed by atoms with Gasteiger partial charge in [0.25, 0.3) is 5.91 Å². The predicted octanol–water partition coefficient (Wildman–Crippen LogP) is 4.22. The maximum absolute atomic E-state index is 12.5. The van der Waals surface area contributed by atoms with E-state index in [2.05, 4.69) is 0 Å². The monoisotopic (exact) mass is 309 g/mol. The molecule has 3 nitrogen and oxygen atoms in total. The molecule has 0 N–H and O–H groups in total. The third-order valence-electron chi connectivity index (χ3n) is 3.16. The molecule has 0 fully saturated rings. The minimum absolute atomic E-state index is 0.109. The van der Waals surface area contributed by atoms with Gasteiger partial charge in [0.15, 0.2) is 0 Å². The summed E-state index contributed by atoms with van der Waals surface area (Å²) in [4.78, 5) is 17.5. The maximum Gasteiger partial charge on any atom is 0.416 e. The second-order valence-electron chi connectivity index (χ2n) is 4.64. The summed E-state index contributed by atoms with van der Waals surface area (Å²) in [5.41, 5.74) is 0.654. The van der Waals surface area contributed by atoms with Crippen LogP contribution in [0.4, 0.5) is 18.9 Å². The number of carbonyl (C=O) groups excluding carboxylic acids is 1. The molecular formula is C16H14F3NO2. The third-order valence-corrected chi connectivity index (χ3v) is 3.16. The van der Waals surface area contributed by atoms with Gasteiger partial charge in [0.2, 0.25) is 0 Å². The molecular weight excluding hydrogens is 295 g/mol. The number of carbonyl (C=O) groups is 1. The lowest BCUT2D eigenvalue weighted by atomic mass is 10.1. The van der Waals surface area contributed by atoms with Crippen molar-refractivity contribution >= 4 is 11.6 Å². The van der Waals surface area contributed by atoms with E-state index in [1.807, 2.05) is 6.07 Å². The fourth-order valence-electron chi connectivity index (χ4n) is 2.00. The number of hydrogen-bond acceptors (Lipinski definition) is 2. The minimum Gasteiger partial charge on any atom is -0.269 e. The van der Waals surface area contributed by atoms with Gasteiger partial charge < -0.3 is 0 Å². The molecule has 0 saturated heterocycles. The minimum atomic E-state index is -4.43. The average Bonchev–Trinajstić information content (AvgIpc) is 2.49. The van der Waals surface area contributed by atoms with Crippen molar-refractivity contribution in [1.82, 2.24) is 0 Å². The van der Waals surface area contributed by atoms with Crippen LogP contribution < -0.4 is 5.06 Å². The summed E-state index contributed by atoms with van der Waals surface area (Å²) >= 11 is 0. The second-order valence-corrected chi connectivity index (χ2v) is 4.64. The number of benzene rings is 2. The van der Waals surface area contributed by atoms with Gasteiger partial charge >= 0.3 is 6.18 Å². The zero-order valence-electron chi connectivity index (χ0n) is 12.0. The summed E-state index contributed by atoms with van der Waals surface area (Å²) in [6.07, 6.45) is -4.43. The Balaban J connectivity index is 2.32. The van der Waals surface area contributed by atoms with E-state index in [-0.39, 0.29) is 5.56 Å².